The molecule has 0 fully saturated rings. The fraction of sp³-hybridized carbons (Fsp3) is 0. The number of aromatic nitrogens is 2. The molecule has 2 rings (SSSR count). The Bertz CT molecular complexity index is 475. The van der Waals surface area contributed by atoms with Gasteiger partial charge in [-0.3, -0.25) is 5.10 Å². The standard InChI is InChI=1S/C8H7N3O2/c9-6-1-4-3-10-11-7(4)2-5(6)8(12)13/h1-3H,9H2,(H,10,11)(H,12,13). The molecule has 1 heterocycles. The van der Waals surface area contributed by atoms with E-state index < -0.39 is 5.97 Å². The molecule has 1 aromatic heterocycles. The highest BCUT2D eigenvalue weighted by Crippen LogP contribution is 2.19. The van der Waals surface area contributed by atoms with Crippen molar-refractivity contribution in [3.05, 3.63) is 23.9 Å². The SMILES string of the molecule is Nc1cc2cn[nH]c2cc1C(=O)O. The highest BCUT2D eigenvalue weighted by molar-refractivity contribution is 5.99. The second kappa shape index (κ2) is 2.48. The zero-order chi connectivity index (χ0) is 9.42. The van der Waals surface area contributed by atoms with Crippen molar-refractivity contribution in [2.75, 3.05) is 5.73 Å². The first kappa shape index (κ1) is 7.60. The number of nitrogens with two attached hydrogens (primary N) is 1. The van der Waals surface area contributed by atoms with Gasteiger partial charge in [0.2, 0.25) is 0 Å². The summed E-state index contributed by atoms with van der Waals surface area (Å²) in [5, 5.41) is 16.0. The Hall–Kier alpha value is -2.04. The van der Waals surface area contributed by atoms with Gasteiger partial charge in [-0.15, -0.1) is 0 Å². The molecule has 4 N–H and O–H groups in total. The molecule has 66 valence electrons. The van der Waals surface area contributed by atoms with E-state index in [4.69, 9.17) is 10.8 Å². The van der Waals surface area contributed by atoms with Gasteiger partial charge in [0.25, 0.3) is 0 Å². The Morgan fingerprint density at radius 2 is 2.31 bits per heavy atom. The maximum absolute atomic E-state index is 10.7. The molecule has 5 nitrogen and oxygen atoms in total. The van der Waals surface area contributed by atoms with Crippen LogP contribution >= 0.6 is 0 Å². The predicted octanol–water partition coefficient (Wildman–Crippen LogP) is 0.843. The van der Waals surface area contributed by atoms with E-state index in [-0.39, 0.29) is 11.3 Å². The molecule has 13 heavy (non-hydrogen) atoms. The van der Waals surface area contributed by atoms with Crippen LogP contribution in [-0.2, 0) is 0 Å². The highest BCUT2D eigenvalue weighted by Gasteiger charge is 2.09. The number of nitrogen functional groups attached to an aromatic ring is 1. The number of rotatable bonds is 1. The Kier molecular flexibility index (Phi) is 1.45. The number of aromatic amines is 1. The van der Waals surface area contributed by atoms with E-state index >= 15 is 0 Å². The van der Waals surface area contributed by atoms with Crippen LogP contribution in [0.1, 0.15) is 10.4 Å². The van der Waals surface area contributed by atoms with E-state index in [0.29, 0.717) is 5.52 Å². The summed E-state index contributed by atoms with van der Waals surface area (Å²) >= 11 is 0. The summed E-state index contributed by atoms with van der Waals surface area (Å²) in [6.07, 6.45) is 1.59. The van der Waals surface area contributed by atoms with Crippen molar-refractivity contribution >= 4 is 22.6 Å². The maximum Gasteiger partial charge on any atom is 0.337 e. The van der Waals surface area contributed by atoms with E-state index in [9.17, 15) is 4.79 Å². The molecule has 1 aromatic carbocycles. The average molecular weight is 177 g/mol. The molecule has 5 heteroatoms. The third-order valence-corrected chi connectivity index (χ3v) is 1.84. The van der Waals surface area contributed by atoms with Crippen LogP contribution in [0.4, 0.5) is 5.69 Å². The van der Waals surface area contributed by atoms with Crippen molar-refractivity contribution in [1.29, 1.82) is 0 Å². The predicted molar refractivity (Wildman–Crippen MR) is 47.5 cm³/mol. The molecule has 2 aromatic rings. The summed E-state index contributed by atoms with van der Waals surface area (Å²) in [7, 11) is 0. The number of benzene rings is 1. The molecule has 0 radical (unpaired) electrons. The lowest BCUT2D eigenvalue weighted by atomic mass is 10.1. The van der Waals surface area contributed by atoms with Gasteiger partial charge in [0.15, 0.2) is 0 Å². The van der Waals surface area contributed by atoms with Crippen molar-refractivity contribution in [2.45, 2.75) is 0 Å². The largest absolute Gasteiger partial charge is 0.478 e. The molecule has 0 bridgehead atoms. The van der Waals surface area contributed by atoms with Crippen LogP contribution in [0.2, 0.25) is 0 Å². The first-order valence-corrected chi connectivity index (χ1v) is 3.64. The van der Waals surface area contributed by atoms with Crippen molar-refractivity contribution in [3.8, 4) is 0 Å². The Labute approximate surface area is 73.2 Å². The van der Waals surface area contributed by atoms with Crippen LogP contribution in [-0.4, -0.2) is 21.3 Å². The first-order chi connectivity index (χ1) is 6.18. The van der Waals surface area contributed by atoms with Crippen LogP contribution in [0.5, 0.6) is 0 Å². The number of nitrogens with zero attached hydrogens (tertiary/aromatic N) is 1. The quantitative estimate of drug-likeness (QED) is 0.563. The van der Waals surface area contributed by atoms with Crippen molar-refractivity contribution in [3.63, 3.8) is 0 Å². The number of carboxylic acid groups (broad SMARTS) is 1. The van der Waals surface area contributed by atoms with Crippen LogP contribution in [0, 0.1) is 0 Å². The Morgan fingerprint density at radius 3 is 3.00 bits per heavy atom. The van der Waals surface area contributed by atoms with Gasteiger partial charge in [-0.1, -0.05) is 0 Å². The number of nitrogens with one attached hydrogen (secondary N) is 1. The van der Waals surface area contributed by atoms with Crippen molar-refractivity contribution < 1.29 is 9.90 Å². The van der Waals surface area contributed by atoms with Crippen LogP contribution in [0.15, 0.2) is 18.3 Å². The summed E-state index contributed by atoms with van der Waals surface area (Å²) in [6, 6.07) is 3.06. The molecule has 0 atom stereocenters. The first-order valence-electron chi connectivity index (χ1n) is 3.64. The fourth-order valence-corrected chi connectivity index (χ4v) is 1.19. The van der Waals surface area contributed by atoms with Crippen molar-refractivity contribution in [1.82, 2.24) is 10.2 Å². The third-order valence-electron chi connectivity index (χ3n) is 1.84. The average Bonchev–Trinajstić information content (AvgIpc) is 2.48. The zero-order valence-corrected chi connectivity index (χ0v) is 6.61. The number of aromatic carboxylic acids is 1. The molecule has 0 aliphatic carbocycles. The normalized spacial score (nSPS) is 10.5. The van der Waals surface area contributed by atoms with Crippen molar-refractivity contribution in [2.24, 2.45) is 0 Å². The monoisotopic (exact) mass is 177 g/mol. The maximum atomic E-state index is 10.7. The topological polar surface area (TPSA) is 92.0 Å². The molecule has 0 amide bonds. The number of carboxylic acids is 1. The van der Waals surface area contributed by atoms with Gasteiger partial charge in [0.1, 0.15) is 0 Å². The number of fused-ring (bicyclic) bond motifs is 1. The van der Waals surface area contributed by atoms with Gasteiger partial charge < -0.3 is 10.8 Å². The van der Waals surface area contributed by atoms with Gasteiger partial charge in [-0.05, 0) is 12.1 Å². The summed E-state index contributed by atoms with van der Waals surface area (Å²) in [4.78, 5) is 10.7. The Morgan fingerprint density at radius 1 is 1.54 bits per heavy atom. The molecule has 0 unspecified atom stereocenters. The van der Waals surface area contributed by atoms with Crippen LogP contribution in [0.25, 0.3) is 10.9 Å². The molecule has 0 saturated carbocycles. The van der Waals surface area contributed by atoms with E-state index in [1.807, 2.05) is 0 Å². The van der Waals surface area contributed by atoms with E-state index in [2.05, 4.69) is 10.2 Å². The number of hydrogen-bond donors (Lipinski definition) is 3. The van der Waals surface area contributed by atoms with Gasteiger partial charge in [0, 0.05) is 11.1 Å². The minimum absolute atomic E-state index is 0.0942. The fourth-order valence-electron chi connectivity index (χ4n) is 1.19. The molecule has 0 spiro atoms. The minimum atomic E-state index is -1.03. The molecular weight excluding hydrogens is 170 g/mol. The van der Waals surface area contributed by atoms with Gasteiger partial charge in [0.05, 0.1) is 17.3 Å². The van der Waals surface area contributed by atoms with Gasteiger partial charge in [-0.25, -0.2) is 4.79 Å². The smallest absolute Gasteiger partial charge is 0.337 e. The lowest BCUT2D eigenvalue weighted by molar-refractivity contribution is 0.0698. The van der Waals surface area contributed by atoms with Gasteiger partial charge >= 0.3 is 5.97 Å². The number of carbonyl (C=O) groups is 1. The number of anilines is 1. The number of H-pyrrole nitrogens is 1. The lowest BCUT2D eigenvalue weighted by Crippen LogP contribution is -2.01. The minimum Gasteiger partial charge on any atom is -0.478 e. The van der Waals surface area contributed by atoms with Gasteiger partial charge in [-0.2, -0.15) is 5.10 Å². The number of hydrogen-bond acceptors (Lipinski definition) is 3. The zero-order valence-electron chi connectivity index (χ0n) is 6.61. The lowest BCUT2D eigenvalue weighted by Gasteiger charge is -1.99. The summed E-state index contributed by atoms with van der Waals surface area (Å²) in [5.41, 5.74) is 6.54. The second-order valence-electron chi connectivity index (χ2n) is 2.70. The summed E-state index contributed by atoms with van der Waals surface area (Å²) in [5.74, 6) is -1.03. The van der Waals surface area contributed by atoms with E-state index in [0.717, 1.165) is 5.39 Å². The second-order valence-corrected chi connectivity index (χ2v) is 2.70. The molecular formula is C8H7N3O2. The van der Waals surface area contributed by atoms with E-state index in [1.165, 1.54) is 6.07 Å². The highest BCUT2D eigenvalue weighted by atomic mass is 16.4. The summed E-state index contributed by atoms with van der Waals surface area (Å²) in [6.45, 7) is 0. The Balaban J connectivity index is 2.76. The molecule has 0 aliphatic heterocycles. The summed E-state index contributed by atoms with van der Waals surface area (Å²) < 4.78 is 0. The van der Waals surface area contributed by atoms with E-state index in [1.54, 1.807) is 12.3 Å². The molecule has 0 saturated heterocycles. The van der Waals surface area contributed by atoms with Crippen LogP contribution in [0.3, 0.4) is 0 Å². The molecule has 0 aliphatic rings. The van der Waals surface area contributed by atoms with Crippen LogP contribution < -0.4 is 5.73 Å². The third kappa shape index (κ3) is 1.10.